The van der Waals surface area contributed by atoms with E-state index in [2.05, 4.69) is 42.0 Å². The summed E-state index contributed by atoms with van der Waals surface area (Å²) < 4.78 is 8.65. The van der Waals surface area contributed by atoms with E-state index in [4.69, 9.17) is 4.74 Å². The van der Waals surface area contributed by atoms with Crippen LogP contribution in [0.15, 0.2) is 53.5 Å². The molecule has 2 aromatic heterocycles. The van der Waals surface area contributed by atoms with Crippen LogP contribution in [0.2, 0.25) is 0 Å². The lowest BCUT2D eigenvalue weighted by Gasteiger charge is -2.26. The van der Waals surface area contributed by atoms with Gasteiger partial charge in [0.25, 0.3) is 0 Å². The van der Waals surface area contributed by atoms with E-state index in [1.54, 1.807) is 34.4 Å². The first-order valence-corrected chi connectivity index (χ1v) is 13.0. The van der Waals surface area contributed by atoms with Gasteiger partial charge in [0.15, 0.2) is 0 Å². The Bertz CT molecular complexity index is 1510. The number of rotatable bonds is 9. The van der Waals surface area contributed by atoms with Crippen LogP contribution in [0.4, 0.5) is 5.69 Å². The SMILES string of the molecule is COCCn1c(=O)n(C)c2cnc3ccc(-c4ccc(N(C=O)C[C@H]5C[C@@H](N(C)C)CN5C)cc4)cc3c21. The van der Waals surface area contributed by atoms with Crippen molar-refractivity contribution in [3.8, 4) is 11.1 Å². The van der Waals surface area contributed by atoms with Gasteiger partial charge in [0.1, 0.15) is 0 Å². The number of amides is 1. The van der Waals surface area contributed by atoms with Crippen LogP contribution in [0.3, 0.4) is 0 Å². The van der Waals surface area contributed by atoms with Crippen molar-refractivity contribution in [2.45, 2.75) is 25.0 Å². The monoisotopic (exact) mass is 516 g/mol. The summed E-state index contributed by atoms with van der Waals surface area (Å²) in [5.74, 6) is 0. The van der Waals surface area contributed by atoms with E-state index in [1.807, 2.05) is 36.4 Å². The highest BCUT2D eigenvalue weighted by Crippen LogP contribution is 2.30. The third-order valence-electron chi connectivity index (χ3n) is 7.95. The summed E-state index contributed by atoms with van der Waals surface area (Å²) in [4.78, 5) is 36.0. The van der Waals surface area contributed by atoms with Crippen molar-refractivity contribution in [3.63, 3.8) is 0 Å². The van der Waals surface area contributed by atoms with Gasteiger partial charge in [0.2, 0.25) is 6.41 Å². The number of imidazole rings is 1. The molecule has 0 radical (unpaired) electrons. The van der Waals surface area contributed by atoms with Crippen molar-refractivity contribution in [2.75, 3.05) is 52.8 Å². The number of likely N-dealkylation sites (N-methyl/N-ethyl adjacent to an activating group) is 2. The largest absolute Gasteiger partial charge is 0.383 e. The van der Waals surface area contributed by atoms with Crippen LogP contribution >= 0.6 is 0 Å². The molecule has 9 nitrogen and oxygen atoms in total. The van der Waals surface area contributed by atoms with Crippen LogP contribution in [0.25, 0.3) is 33.1 Å². The highest BCUT2D eigenvalue weighted by molar-refractivity contribution is 6.04. The van der Waals surface area contributed by atoms with Crippen LogP contribution in [0.1, 0.15) is 6.42 Å². The fourth-order valence-electron chi connectivity index (χ4n) is 5.57. The Morgan fingerprint density at radius 1 is 1.11 bits per heavy atom. The first-order valence-electron chi connectivity index (χ1n) is 13.0. The van der Waals surface area contributed by atoms with E-state index in [0.717, 1.165) is 58.1 Å². The summed E-state index contributed by atoms with van der Waals surface area (Å²) in [5, 5.41) is 0.923. The third-order valence-corrected chi connectivity index (χ3v) is 7.95. The maximum Gasteiger partial charge on any atom is 0.328 e. The number of hydrogen-bond donors (Lipinski definition) is 0. The summed E-state index contributed by atoms with van der Waals surface area (Å²) in [6, 6.07) is 15.1. The van der Waals surface area contributed by atoms with Gasteiger partial charge in [0, 0.05) is 50.4 Å². The second-order valence-electron chi connectivity index (χ2n) is 10.5. The minimum Gasteiger partial charge on any atom is -0.383 e. The molecule has 2 atom stereocenters. The minimum atomic E-state index is -0.0835. The zero-order valence-corrected chi connectivity index (χ0v) is 22.8. The molecular weight excluding hydrogens is 480 g/mol. The molecule has 9 heteroatoms. The fraction of sp³-hybridized carbons (Fsp3) is 0.414. The molecule has 0 unspecified atom stereocenters. The van der Waals surface area contributed by atoms with Crippen LogP contribution in [-0.2, 0) is 23.1 Å². The lowest BCUT2D eigenvalue weighted by molar-refractivity contribution is -0.107. The van der Waals surface area contributed by atoms with Gasteiger partial charge in [-0.05, 0) is 63.0 Å². The van der Waals surface area contributed by atoms with E-state index in [-0.39, 0.29) is 5.69 Å². The van der Waals surface area contributed by atoms with Gasteiger partial charge >= 0.3 is 5.69 Å². The predicted molar refractivity (Wildman–Crippen MR) is 152 cm³/mol. The van der Waals surface area contributed by atoms with Gasteiger partial charge in [-0.2, -0.15) is 0 Å². The van der Waals surface area contributed by atoms with Crippen molar-refractivity contribution in [2.24, 2.45) is 7.05 Å². The number of benzene rings is 2. The van der Waals surface area contributed by atoms with Gasteiger partial charge in [-0.25, -0.2) is 4.79 Å². The molecule has 0 N–H and O–H groups in total. The number of ether oxygens (including phenoxy) is 1. The number of likely N-dealkylation sites (tertiary alicyclic amines) is 1. The number of aryl methyl sites for hydroxylation is 1. The molecule has 1 saturated heterocycles. The number of fused-ring (bicyclic) bond motifs is 3. The highest BCUT2D eigenvalue weighted by Gasteiger charge is 2.31. The van der Waals surface area contributed by atoms with Crippen LogP contribution in [-0.4, -0.2) is 90.4 Å². The minimum absolute atomic E-state index is 0.0835. The van der Waals surface area contributed by atoms with Gasteiger partial charge in [-0.15, -0.1) is 0 Å². The Kier molecular flexibility index (Phi) is 7.34. The molecule has 1 amide bonds. The molecule has 0 aliphatic carbocycles. The lowest BCUT2D eigenvalue weighted by atomic mass is 10.0. The Balaban J connectivity index is 1.45. The average molecular weight is 517 g/mol. The van der Waals surface area contributed by atoms with Crippen LogP contribution in [0, 0.1) is 0 Å². The molecule has 1 fully saturated rings. The van der Waals surface area contributed by atoms with Gasteiger partial charge in [-0.1, -0.05) is 18.2 Å². The van der Waals surface area contributed by atoms with Gasteiger partial charge < -0.3 is 19.4 Å². The molecule has 0 saturated carbocycles. The normalized spacial score (nSPS) is 18.2. The second kappa shape index (κ2) is 10.7. The maximum atomic E-state index is 12.9. The molecule has 5 rings (SSSR count). The fourth-order valence-corrected chi connectivity index (χ4v) is 5.57. The quantitative estimate of drug-likeness (QED) is 0.319. The number of carbonyl (C=O) groups excluding carboxylic acids is 1. The number of methoxy groups -OCH3 is 1. The number of pyridine rings is 1. The first-order chi connectivity index (χ1) is 18.3. The van der Waals surface area contributed by atoms with Crippen LogP contribution in [0.5, 0.6) is 0 Å². The van der Waals surface area contributed by atoms with Crippen molar-refractivity contribution in [1.29, 1.82) is 0 Å². The summed E-state index contributed by atoms with van der Waals surface area (Å²) in [6.07, 6.45) is 3.73. The zero-order chi connectivity index (χ0) is 27.0. The molecule has 4 aromatic rings. The zero-order valence-electron chi connectivity index (χ0n) is 22.8. The molecule has 1 aliphatic rings. The number of nitrogens with zero attached hydrogens (tertiary/aromatic N) is 6. The highest BCUT2D eigenvalue weighted by atomic mass is 16.5. The Morgan fingerprint density at radius 2 is 1.84 bits per heavy atom. The summed E-state index contributed by atoms with van der Waals surface area (Å²) in [7, 11) is 9.76. The van der Waals surface area contributed by atoms with Crippen molar-refractivity contribution >= 4 is 34.0 Å². The summed E-state index contributed by atoms with van der Waals surface area (Å²) in [6.45, 7) is 2.59. The maximum absolute atomic E-state index is 12.9. The lowest BCUT2D eigenvalue weighted by Crippen LogP contribution is -2.38. The average Bonchev–Trinajstić information content (AvgIpc) is 3.42. The number of aromatic nitrogens is 3. The topological polar surface area (TPSA) is 75.8 Å². The number of hydrogen-bond acceptors (Lipinski definition) is 6. The van der Waals surface area contributed by atoms with Crippen LogP contribution < -0.4 is 10.6 Å². The summed E-state index contributed by atoms with van der Waals surface area (Å²) >= 11 is 0. The van der Waals surface area contributed by atoms with Crippen molar-refractivity contribution in [3.05, 3.63) is 59.1 Å². The molecule has 38 heavy (non-hydrogen) atoms. The molecule has 0 bridgehead atoms. The van der Waals surface area contributed by atoms with Crippen molar-refractivity contribution < 1.29 is 9.53 Å². The van der Waals surface area contributed by atoms with Gasteiger partial charge in [-0.3, -0.25) is 18.9 Å². The first kappa shape index (κ1) is 26.1. The standard InChI is InChI=1S/C29H36N6O3/c1-31(2)23-15-24(32(3)17-23)18-34(19-36)22-9-6-20(7-10-22)21-8-11-26-25(14-21)28-27(16-30-26)33(4)29(37)35(28)12-13-38-5/h6-11,14,16,19,23-24H,12-13,15,17-18H2,1-5H3/t23-,24-/m1/s1. The number of carbonyl (C=O) groups is 1. The molecule has 200 valence electrons. The Hall–Kier alpha value is -3.53. The Morgan fingerprint density at radius 3 is 2.50 bits per heavy atom. The molecule has 3 heterocycles. The van der Waals surface area contributed by atoms with E-state index in [1.165, 1.54) is 0 Å². The molecule has 0 spiro atoms. The number of anilines is 1. The second-order valence-corrected chi connectivity index (χ2v) is 10.5. The van der Waals surface area contributed by atoms with E-state index in [0.29, 0.717) is 31.8 Å². The smallest absolute Gasteiger partial charge is 0.328 e. The molecule has 1 aliphatic heterocycles. The van der Waals surface area contributed by atoms with Crippen molar-refractivity contribution in [1.82, 2.24) is 23.9 Å². The van der Waals surface area contributed by atoms with E-state index in [9.17, 15) is 9.59 Å². The Labute approximate surface area is 222 Å². The van der Waals surface area contributed by atoms with E-state index < -0.39 is 0 Å². The predicted octanol–water partition coefficient (Wildman–Crippen LogP) is 2.80. The van der Waals surface area contributed by atoms with Gasteiger partial charge in [0.05, 0.1) is 35.9 Å². The third kappa shape index (κ3) is 4.73. The summed E-state index contributed by atoms with van der Waals surface area (Å²) in [5.41, 5.74) is 5.34. The van der Waals surface area contributed by atoms with E-state index >= 15 is 0 Å². The molecular formula is C29H36N6O3. The molecule has 2 aromatic carbocycles.